The Labute approximate surface area is 125 Å². The van der Waals surface area contributed by atoms with Gasteiger partial charge in [0.1, 0.15) is 0 Å². The van der Waals surface area contributed by atoms with Crippen molar-refractivity contribution in [2.24, 2.45) is 5.92 Å². The molecule has 1 aromatic rings. The number of piperidine rings is 1. The number of nitro groups is 1. The number of rotatable bonds is 6. The van der Waals surface area contributed by atoms with E-state index in [9.17, 15) is 10.1 Å². The summed E-state index contributed by atoms with van der Waals surface area (Å²) in [5.74, 6) is 1.11. The molecule has 0 atom stereocenters. The number of nitrogens with one attached hydrogen (secondary N) is 1. The third-order valence-electron chi connectivity index (χ3n) is 4.02. The molecule has 1 aliphatic rings. The SMILES string of the molecule is CCCN(CC1CCNCC1)c1nccc(C)c1[N+](=O)[O-]. The number of aryl methyl sites for hydroxylation is 1. The molecule has 0 aliphatic carbocycles. The first-order chi connectivity index (χ1) is 10.1. The zero-order valence-corrected chi connectivity index (χ0v) is 12.8. The maximum absolute atomic E-state index is 11.4. The molecular formula is C15H24N4O2. The molecule has 1 N–H and O–H groups in total. The van der Waals surface area contributed by atoms with Gasteiger partial charge in [-0.3, -0.25) is 10.1 Å². The largest absolute Gasteiger partial charge is 0.351 e. The maximum Gasteiger partial charge on any atom is 0.314 e. The van der Waals surface area contributed by atoms with Crippen molar-refractivity contribution in [1.29, 1.82) is 0 Å². The Morgan fingerprint density at radius 1 is 1.48 bits per heavy atom. The van der Waals surface area contributed by atoms with E-state index in [1.165, 1.54) is 0 Å². The van der Waals surface area contributed by atoms with E-state index in [4.69, 9.17) is 0 Å². The first-order valence-electron chi connectivity index (χ1n) is 7.69. The van der Waals surface area contributed by atoms with Crippen molar-refractivity contribution >= 4 is 11.5 Å². The Balaban J connectivity index is 2.24. The van der Waals surface area contributed by atoms with Gasteiger partial charge in [0.05, 0.1) is 4.92 Å². The Kier molecular flexibility index (Phi) is 5.50. The Hall–Kier alpha value is -1.69. The van der Waals surface area contributed by atoms with Gasteiger partial charge < -0.3 is 10.2 Å². The summed E-state index contributed by atoms with van der Waals surface area (Å²) in [4.78, 5) is 17.5. The molecule has 2 rings (SSSR count). The monoisotopic (exact) mass is 292 g/mol. The molecule has 1 fully saturated rings. The van der Waals surface area contributed by atoms with Crippen molar-refractivity contribution in [2.45, 2.75) is 33.1 Å². The van der Waals surface area contributed by atoms with Crippen molar-refractivity contribution < 1.29 is 4.92 Å². The molecule has 6 nitrogen and oxygen atoms in total. The van der Waals surface area contributed by atoms with E-state index in [2.05, 4.69) is 22.1 Å². The van der Waals surface area contributed by atoms with Gasteiger partial charge in [-0.15, -0.1) is 0 Å². The van der Waals surface area contributed by atoms with Crippen LogP contribution in [0.3, 0.4) is 0 Å². The molecule has 1 saturated heterocycles. The standard InChI is InChI=1S/C15H24N4O2/c1-3-10-18(11-13-5-7-16-8-6-13)15-14(19(20)21)12(2)4-9-17-15/h4,9,13,16H,3,5-8,10-11H2,1-2H3. The molecule has 0 unspecified atom stereocenters. The van der Waals surface area contributed by atoms with Gasteiger partial charge in [-0.2, -0.15) is 0 Å². The van der Waals surface area contributed by atoms with Crippen LogP contribution in [0.25, 0.3) is 0 Å². The van der Waals surface area contributed by atoms with Crippen LogP contribution in [0.1, 0.15) is 31.7 Å². The lowest BCUT2D eigenvalue weighted by atomic mass is 9.97. The second-order valence-corrected chi connectivity index (χ2v) is 5.70. The molecule has 0 saturated carbocycles. The molecule has 1 aromatic heterocycles. The lowest BCUT2D eigenvalue weighted by Gasteiger charge is -2.30. The van der Waals surface area contributed by atoms with E-state index in [1.807, 2.05) is 0 Å². The Bertz CT molecular complexity index is 487. The van der Waals surface area contributed by atoms with Gasteiger partial charge in [-0.1, -0.05) is 6.92 Å². The van der Waals surface area contributed by atoms with Crippen LogP contribution >= 0.6 is 0 Å². The van der Waals surface area contributed by atoms with Gasteiger partial charge in [-0.25, -0.2) is 4.98 Å². The molecule has 1 aliphatic heterocycles. The number of anilines is 1. The zero-order chi connectivity index (χ0) is 15.2. The topological polar surface area (TPSA) is 71.3 Å². The van der Waals surface area contributed by atoms with E-state index in [0.29, 0.717) is 17.3 Å². The molecule has 2 heterocycles. The average Bonchev–Trinajstić information content (AvgIpc) is 2.47. The summed E-state index contributed by atoms with van der Waals surface area (Å²) < 4.78 is 0. The summed E-state index contributed by atoms with van der Waals surface area (Å²) in [5.41, 5.74) is 0.830. The second kappa shape index (κ2) is 7.36. The molecular weight excluding hydrogens is 268 g/mol. The fraction of sp³-hybridized carbons (Fsp3) is 0.667. The summed E-state index contributed by atoms with van der Waals surface area (Å²) >= 11 is 0. The van der Waals surface area contributed by atoms with Crippen LogP contribution in [0.5, 0.6) is 0 Å². The summed E-state index contributed by atoms with van der Waals surface area (Å²) in [7, 11) is 0. The summed E-state index contributed by atoms with van der Waals surface area (Å²) in [6.07, 6.45) is 4.88. The number of nitrogens with zero attached hydrogens (tertiary/aromatic N) is 3. The molecule has 0 amide bonds. The number of pyridine rings is 1. The normalized spacial score (nSPS) is 15.9. The minimum Gasteiger partial charge on any atom is -0.351 e. The van der Waals surface area contributed by atoms with Crippen LogP contribution in [0, 0.1) is 23.0 Å². The van der Waals surface area contributed by atoms with Gasteiger partial charge in [-0.05, 0) is 51.3 Å². The minimum absolute atomic E-state index is 0.153. The predicted octanol–water partition coefficient (Wildman–Crippen LogP) is 2.51. The van der Waals surface area contributed by atoms with Crippen LogP contribution in [0.4, 0.5) is 11.5 Å². The highest BCUT2D eigenvalue weighted by atomic mass is 16.6. The lowest BCUT2D eigenvalue weighted by molar-refractivity contribution is -0.384. The third-order valence-corrected chi connectivity index (χ3v) is 4.02. The van der Waals surface area contributed by atoms with E-state index in [-0.39, 0.29) is 10.6 Å². The van der Waals surface area contributed by atoms with Crippen molar-refractivity contribution in [3.8, 4) is 0 Å². The lowest BCUT2D eigenvalue weighted by Crippen LogP contribution is -2.37. The molecule has 0 aromatic carbocycles. The van der Waals surface area contributed by atoms with Crippen molar-refractivity contribution in [2.75, 3.05) is 31.1 Å². The summed E-state index contributed by atoms with van der Waals surface area (Å²) in [5, 5.41) is 14.7. The number of aromatic nitrogens is 1. The second-order valence-electron chi connectivity index (χ2n) is 5.70. The highest BCUT2D eigenvalue weighted by Gasteiger charge is 2.25. The molecule has 0 radical (unpaired) electrons. The molecule has 21 heavy (non-hydrogen) atoms. The first-order valence-corrected chi connectivity index (χ1v) is 7.69. The highest BCUT2D eigenvalue weighted by Crippen LogP contribution is 2.30. The van der Waals surface area contributed by atoms with Crippen LogP contribution in [0.15, 0.2) is 12.3 Å². The molecule has 116 valence electrons. The van der Waals surface area contributed by atoms with E-state index in [1.54, 1.807) is 19.2 Å². The van der Waals surface area contributed by atoms with Gasteiger partial charge >= 0.3 is 5.69 Å². The van der Waals surface area contributed by atoms with Gasteiger partial charge in [0.2, 0.25) is 5.82 Å². The Morgan fingerprint density at radius 3 is 2.81 bits per heavy atom. The van der Waals surface area contributed by atoms with E-state index in [0.717, 1.165) is 45.4 Å². The number of hydrogen-bond donors (Lipinski definition) is 1. The maximum atomic E-state index is 11.4. The van der Waals surface area contributed by atoms with Gasteiger partial charge in [0.15, 0.2) is 0 Å². The number of hydrogen-bond acceptors (Lipinski definition) is 5. The van der Waals surface area contributed by atoms with Crippen molar-refractivity contribution in [3.63, 3.8) is 0 Å². The Morgan fingerprint density at radius 2 is 2.19 bits per heavy atom. The molecule has 0 spiro atoms. The smallest absolute Gasteiger partial charge is 0.314 e. The minimum atomic E-state index is -0.303. The summed E-state index contributed by atoms with van der Waals surface area (Å²) in [6.45, 7) is 7.60. The molecule has 6 heteroatoms. The summed E-state index contributed by atoms with van der Waals surface area (Å²) in [6, 6.07) is 1.70. The average molecular weight is 292 g/mol. The van der Waals surface area contributed by atoms with Gasteiger partial charge in [0.25, 0.3) is 0 Å². The molecule has 0 bridgehead atoms. The fourth-order valence-electron chi connectivity index (χ4n) is 2.92. The van der Waals surface area contributed by atoms with Crippen LogP contribution in [-0.2, 0) is 0 Å². The quantitative estimate of drug-likeness (QED) is 0.644. The van der Waals surface area contributed by atoms with Crippen LogP contribution < -0.4 is 10.2 Å². The van der Waals surface area contributed by atoms with Crippen LogP contribution in [0.2, 0.25) is 0 Å². The van der Waals surface area contributed by atoms with Gasteiger partial charge in [0, 0.05) is 24.8 Å². The fourth-order valence-corrected chi connectivity index (χ4v) is 2.92. The third kappa shape index (κ3) is 3.91. The highest BCUT2D eigenvalue weighted by molar-refractivity contribution is 5.61. The zero-order valence-electron chi connectivity index (χ0n) is 12.8. The van der Waals surface area contributed by atoms with Crippen LogP contribution in [-0.4, -0.2) is 36.1 Å². The van der Waals surface area contributed by atoms with E-state index >= 15 is 0 Å². The van der Waals surface area contributed by atoms with Crippen molar-refractivity contribution in [1.82, 2.24) is 10.3 Å². The predicted molar refractivity (Wildman–Crippen MR) is 83.7 cm³/mol. The van der Waals surface area contributed by atoms with E-state index < -0.39 is 0 Å². The van der Waals surface area contributed by atoms with Crippen molar-refractivity contribution in [3.05, 3.63) is 27.9 Å². The first kappa shape index (κ1) is 15.7.